The highest BCUT2D eigenvalue weighted by Gasteiger charge is 2.43. The zero-order valence-corrected chi connectivity index (χ0v) is 15.6. The van der Waals surface area contributed by atoms with E-state index in [1.807, 2.05) is 34.9 Å². The van der Waals surface area contributed by atoms with Crippen molar-refractivity contribution in [1.82, 2.24) is 24.8 Å². The fourth-order valence-electron chi connectivity index (χ4n) is 4.32. The SMILES string of the molecule is Cc1cnc(C(=O)N2CCCC3(CCC(=O)N(Cc4ccccn4)C3)C2)[nH]1. The zero-order chi connectivity index (χ0) is 18.9. The topological polar surface area (TPSA) is 82.2 Å². The van der Waals surface area contributed by atoms with Crippen LogP contribution in [0, 0.1) is 12.3 Å². The van der Waals surface area contributed by atoms with E-state index >= 15 is 0 Å². The first-order valence-corrected chi connectivity index (χ1v) is 9.53. The van der Waals surface area contributed by atoms with Gasteiger partial charge in [0.25, 0.3) is 5.91 Å². The summed E-state index contributed by atoms with van der Waals surface area (Å²) < 4.78 is 0. The first-order chi connectivity index (χ1) is 13.0. The van der Waals surface area contributed by atoms with Crippen LogP contribution in [-0.4, -0.2) is 56.2 Å². The van der Waals surface area contributed by atoms with Gasteiger partial charge in [-0.2, -0.15) is 0 Å². The van der Waals surface area contributed by atoms with Crippen LogP contribution in [0.15, 0.2) is 30.6 Å². The third kappa shape index (κ3) is 3.72. The highest BCUT2D eigenvalue weighted by molar-refractivity contribution is 5.90. The van der Waals surface area contributed by atoms with E-state index in [0.717, 1.165) is 37.2 Å². The number of carbonyl (C=O) groups excluding carboxylic acids is 2. The number of aryl methyl sites for hydroxylation is 1. The number of imidazole rings is 1. The Balaban J connectivity index is 1.48. The van der Waals surface area contributed by atoms with Crippen LogP contribution in [0.3, 0.4) is 0 Å². The summed E-state index contributed by atoms with van der Waals surface area (Å²) in [6.07, 6.45) is 6.81. The molecule has 0 bridgehead atoms. The number of rotatable bonds is 3. The van der Waals surface area contributed by atoms with Crippen molar-refractivity contribution >= 4 is 11.8 Å². The molecule has 2 fully saturated rings. The van der Waals surface area contributed by atoms with E-state index in [4.69, 9.17) is 0 Å². The Kier molecular flexibility index (Phi) is 4.68. The maximum absolute atomic E-state index is 12.8. The molecular weight excluding hydrogens is 342 g/mol. The van der Waals surface area contributed by atoms with Gasteiger partial charge in [-0.15, -0.1) is 0 Å². The lowest BCUT2D eigenvalue weighted by atomic mass is 9.73. The molecule has 1 unspecified atom stereocenters. The number of pyridine rings is 1. The van der Waals surface area contributed by atoms with Crippen LogP contribution in [0.4, 0.5) is 0 Å². The molecule has 2 saturated heterocycles. The van der Waals surface area contributed by atoms with Gasteiger partial charge in [0.15, 0.2) is 5.82 Å². The predicted molar refractivity (Wildman–Crippen MR) is 99.8 cm³/mol. The highest BCUT2D eigenvalue weighted by atomic mass is 16.2. The maximum Gasteiger partial charge on any atom is 0.289 e. The molecule has 2 amide bonds. The van der Waals surface area contributed by atoms with Gasteiger partial charge in [-0.1, -0.05) is 6.07 Å². The molecule has 7 nitrogen and oxygen atoms in total. The van der Waals surface area contributed by atoms with Crippen molar-refractivity contribution in [1.29, 1.82) is 0 Å². The Morgan fingerprint density at radius 2 is 2.15 bits per heavy atom. The Morgan fingerprint density at radius 1 is 1.26 bits per heavy atom. The molecule has 1 spiro atoms. The predicted octanol–water partition coefficient (Wildman–Crippen LogP) is 2.16. The molecule has 142 valence electrons. The van der Waals surface area contributed by atoms with E-state index in [2.05, 4.69) is 15.0 Å². The second-order valence-corrected chi connectivity index (χ2v) is 7.82. The van der Waals surface area contributed by atoms with Crippen molar-refractivity contribution in [2.24, 2.45) is 5.41 Å². The summed E-state index contributed by atoms with van der Waals surface area (Å²) in [5.41, 5.74) is 1.76. The number of hydrogen-bond acceptors (Lipinski definition) is 4. The van der Waals surface area contributed by atoms with Crippen LogP contribution < -0.4 is 0 Å². The van der Waals surface area contributed by atoms with Crippen LogP contribution in [-0.2, 0) is 11.3 Å². The van der Waals surface area contributed by atoms with Gasteiger partial charge in [-0.05, 0) is 38.3 Å². The Labute approximate surface area is 158 Å². The average Bonchev–Trinajstić information content (AvgIpc) is 3.12. The molecule has 1 atom stereocenters. The molecule has 0 radical (unpaired) electrons. The molecule has 0 aliphatic carbocycles. The van der Waals surface area contributed by atoms with E-state index in [-0.39, 0.29) is 17.2 Å². The quantitative estimate of drug-likeness (QED) is 0.901. The standard InChI is InChI=1S/C20H25N5O2/c1-15-11-22-18(23-15)19(27)24-10-4-7-20(13-24)8-6-17(26)25(14-20)12-16-5-2-3-9-21-16/h2-3,5,9,11H,4,6-8,10,12-14H2,1H3,(H,22,23). The second kappa shape index (κ2) is 7.13. The lowest BCUT2D eigenvalue weighted by Gasteiger charge is -2.48. The van der Waals surface area contributed by atoms with Crippen LogP contribution >= 0.6 is 0 Å². The minimum Gasteiger partial charge on any atom is -0.338 e. The number of carbonyl (C=O) groups is 2. The van der Waals surface area contributed by atoms with Crippen molar-refractivity contribution < 1.29 is 9.59 Å². The molecular formula is C20H25N5O2. The number of hydrogen-bond donors (Lipinski definition) is 1. The van der Waals surface area contributed by atoms with Gasteiger partial charge in [-0.25, -0.2) is 4.98 Å². The van der Waals surface area contributed by atoms with Gasteiger partial charge in [0.05, 0.1) is 12.2 Å². The van der Waals surface area contributed by atoms with Gasteiger partial charge < -0.3 is 14.8 Å². The first-order valence-electron chi connectivity index (χ1n) is 9.53. The number of piperidine rings is 2. The largest absolute Gasteiger partial charge is 0.338 e. The summed E-state index contributed by atoms with van der Waals surface area (Å²) in [6, 6.07) is 5.77. The molecule has 2 aliphatic rings. The Morgan fingerprint density at radius 3 is 2.89 bits per heavy atom. The lowest BCUT2D eigenvalue weighted by molar-refractivity contribution is -0.139. The van der Waals surface area contributed by atoms with Crippen molar-refractivity contribution in [2.45, 2.75) is 39.2 Å². The summed E-state index contributed by atoms with van der Waals surface area (Å²) in [5, 5.41) is 0. The van der Waals surface area contributed by atoms with E-state index < -0.39 is 0 Å². The van der Waals surface area contributed by atoms with Crippen LogP contribution in [0.1, 0.15) is 47.7 Å². The molecule has 7 heteroatoms. The molecule has 0 aromatic carbocycles. The van der Waals surface area contributed by atoms with E-state index in [1.165, 1.54) is 0 Å². The van der Waals surface area contributed by atoms with Gasteiger partial charge in [0.1, 0.15) is 0 Å². The fraction of sp³-hybridized carbons (Fsp3) is 0.500. The molecule has 2 aliphatic heterocycles. The van der Waals surface area contributed by atoms with Crippen molar-refractivity contribution in [3.8, 4) is 0 Å². The molecule has 27 heavy (non-hydrogen) atoms. The maximum atomic E-state index is 12.8. The monoisotopic (exact) mass is 367 g/mol. The van der Waals surface area contributed by atoms with Crippen LogP contribution in [0.5, 0.6) is 0 Å². The molecule has 1 N–H and O–H groups in total. The normalized spacial score (nSPS) is 23.1. The smallest absolute Gasteiger partial charge is 0.289 e. The van der Waals surface area contributed by atoms with Crippen LogP contribution in [0.25, 0.3) is 0 Å². The summed E-state index contributed by atoms with van der Waals surface area (Å²) in [6.45, 7) is 4.53. The van der Waals surface area contributed by atoms with Crippen LogP contribution in [0.2, 0.25) is 0 Å². The second-order valence-electron chi connectivity index (χ2n) is 7.82. The first kappa shape index (κ1) is 17.7. The summed E-state index contributed by atoms with van der Waals surface area (Å²) in [4.78, 5) is 40.7. The number of amides is 2. The third-order valence-corrected chi connectivity index (χ3v) is 5.68. The van der Waals surface area contributed by atoms with E-state index in [9.17, 15) is 9.59 Å². The van der Waals surface area contributed by atoms with E-state index in [0.29, 0.717) is 31.9 Å². The summed E-state index contributed by atoms with van der Waals surface area (Å²) >= 11 is 0. The van der Waals surface area contributed by atoms with Crippen molar-refractivity contribution in [3.63, 3.8) is 0 Å². The average molecular weight is 367 g/mol. The Bertz CT molecular complexity index is 834. The summed E-state index contributed by atoms with van der Waals surface area (Å²) in [5.74, 6) is 0.536. The number of likely N-dealkylation sites (tertiary alicyclic amines) is 2. The van der Waals surface area contributed by atoms with Gasteiger partial charge in [-0.3, -0.25) is 14.6 Å². The molecule has 0 saturated carbocycles. The number of nitrogens with one attached hydrogen (secondary N) is 1. The fourth-order valence-corrected chi connectivity index (χ4v) is 4.32. The number of aromatic amines is 1. The van der Waals surface area contributed by atoms with Crippen molar-refractivity contribution in [3.05, 3.63) is 47.8 Å². The number of nitrogens with zero attached hydrogens (tertiary/aromatic N) is 4. The number of aromatic nitrogens is 3. The number of H-pyrrole nitrogens is 1. The third-order valence-electron chi connectivity index (χ3n) is 5.68. The van der Waals surface area contributed by atoms with Gasteiger partial charge in [0, 0.05) is 49.6 Å². The molecule has 4 heterocycles. The highest BCUT2D eigenvalue weighted by Crippen LogP contribution is 2.39. The molecule has 2 aromatic heterocycles. The minimum absolute atomic E-state index is 0.0295. The zero-order valence-electron chi connectivity index (χ0n) is 15.6. The van der Waals surface area contributed by atoms with Crippen molar-refractivity contribution in [2.75, 3.05) is 19.6 Å². The Hall–Kier alpha value is -2.70. The molecule has 4 rings (SSSR count). The van der Waals surface area contributed by atoms with E-state index in [1.54, 1.807) is 12.4 Å². The summed E-state index contributed by atoms with van der Waals surface area (Å²) in [7, 11) is 0. The van der Waals surface area contributed by atoms with Gasteiger partial charge in [0.2, 0.25) is 5.91 Å². The lowest BCUT2D eigenvalue weighted by Crippen LogP contribution is -2.55. The molecule has 2 aromatic rings. The minimum atomic E-state index is -0.0460. The van der Waals surface area contributed by atoms with Gasteiger partial charge >= 0.3 is 0 Å².